The largest absolute Gasteiger partial charge is 0.450 e. The van der Waals surface area contributed by atoms with Gasteiger partial charge in [0, 0.05) is 23.4 Å². The van der Waals surface area contributed by atoms with Crippen molar-refractivity contribution >= 4 is 28.5 Å². The first-order valence-corrected chi connectivity index (χ1v) is 8.46. The van der Waals surface area contributed by atoms with Crippen LogP contribution in [0.3, 0.4) is 0 Å². The molecule has 0 atom stereocenters. The molecule has 0 radical (unpaired) electrons. The lowest BCUT2D eigenvalue weighted by molar-refractivity contribution is 0.102. The van der Waals surface area contributed by atoms with Gasteiger partial charge in [0.2, 0.25) is 0 Å². The molecule has 6 nitrogen and oxygen atoms in total. The van der Waals surface area contributed by atoms with Crippen molar-refractivity contribution in [3.8, 4) is 0 Å². The van der Waals surface area contributed by atoms with Gasteiger partial charge in [-0.15, -0.1) is 0 Å². The van der Waals surface area contributed by atoms with Gasteiger partial charge in [0.1, 0.15) is 0 Å². The Labute approximate surface area is 146 Å². The van der Waals surface area contributed by atoms with Crippen molar-refractivity contribution in [3.63, 3.8) is 0 Å². The van der Waals surface area contributed by atoms with Crippen molar-refractivity contribution in [1.29, 1.82) is 0 Å². The van der Waals surface area contributed by atoms with Gasteiger partial charge < -0.3 is 9.64 Å². The quantitative estimate of drug-likeness (QED) is 0.904. The molecule has 0 aliphatic carbocycles. The van der Waals surface area contributed by atoms with Crippen molar-refractivity contribution in [2.24, 2.45) is 0 Å². The Morgan fingerprint density at radius 1 is 1.36 bits per heavy atom. The van der Waals surface area contributed by atoms with E-state index in [2.05, 4.69) is 10.3 Å². The molecule has 132 valence electrons. The smallest absolute Gasteiger partial charge is 0.410 e. The molecule has 3 rings (SSSR count). The highest BCUT2D eigenvalue weighted by atomic mass is 32.1. The van der Waals surface area contributed by atoms with Crippen molar-refractivity contribution < 1.29 is 23.1 Å². The first-order valence-electron chi connectivity index (χ1n) is 7.64. The number of nitrogens with zero attached hydrogens (tertiary/aromatic N) is 2. The number of carbonyl (C=O) groups excluding carboxylic acids is 2. The maximum Gasteiger partial charge on any atom is 0.410 e. The Bertz CT molecular complexity index is 825. The fourth-order valence-corrected chi connectivity index (χ4v) is 3.45. The van der Waals surface area contributed by atoms with Crippen molar-refractivity contribution in [3.05, 3.63) is 46.0 Å². The minimum atomic E-state index is -1.09. The number of hydrogen-bond acceptors (Lipinski definition) is 5. The molecule has 1 N–H and O–H groups in total. The highest BCUT2D eigenvalue weighted by molar-refractivity contribution is 7.15. The van der Waals surface area contributed by atoms with E-state index in [1.165, 1.54) is 17.4 Å². The fourth-order valence-electron chi connectivity index (χ4n) is 2.43. The van der Waals surface area contributed by atoms with Crippen LogP contribution in [0.15, 0.2) is 18.2 Å². The summed E-state index contributed by atoms with van der Waals surface area (Å²) in [7, 11) is 0. The minimum Gasteiger partial charge on any atom is -0.450 e. The van der Waals surface area contributed by atoms with Gasteiger partial charge in [0.05, 0.1) is 18.8 Å². The normalized spacial score (nSPS) is 13.3. The second kappa shape index (κ2) is 7.14. The van der Waals surface area contributed by atoms with Gasteiger partial charge in [0.15, 0.2) is 16.8 Å². The average Bonchev–Trinajstić information content (AvgIpc) is 2.98. The van der Waals surface area contributed by atoms with Crippen LogP contribution in [0.5, 0.6) is 0 Å². The lowest BCUT2D eigenvalue weighted by Crippen LogP contribution is -2.35. The van der Waals surface area contributed by atoms with Crippen molar-refractivity contribution in [1.82, 2.24) is 9.88 Å². The summed E-state index contributed by atoms with van der Waals surface area (Å²) in [6.07, 6.45) is 0.181. The number of nitrogens with one attached hydrogen (secondary N) is 1. The Balaban J connectivity index is 1.70. The number of amides is 2. The molecule has 1 aliphatic rings. The SMILES string of the molecule is CCOC(=O)N1CCc2nc(NC(=O)c3ccc(F)c(F)c3)sc2C1. The van der Waals surface area contributed by atoms with Gasteiger partial charge in [-0.3, -0.25) is 10.1 Å². The summed E-state index contributed by atoms with van der Waals surface area (Å²) in [5, 5.41) is 2.93. The zero-order chi connectivity index (χ0) is 18.0. The van der Waals surface area contributed by atoms with Gasteiger partial charge in [-0.05, 0) is 25.1 Å². The van der Waals surface area contributed by atoms with E-state index < -0.39 is 17.5 Å². The number of halogens is 2. The molecule has 2 heterocycles. The van der Waals surface area contributed by atoms with Crippen LogP contribution in [0.1, 0.15) is 27.9 Å². The Morgan fingerprint density at radius 2 is 2.16 bits per heavy atom. The third kappa shape index (κ3) is 3.76. The van der Waals surface area contributed by atoms with Crippen LogP contribution in [-0.4, -0.2) is 35.0 Å². The molecule has 1 aromatic heterocycles. The molecule has 9 heteroatoms. The molecule has 0 fully saturated rings. The van der Waals surface area contributed by atoms with Crippen LogP contribution in [-0.2, 0) is 17.7 Å². The molecule has 2 amide bonds. The van der Waals surface area contributed by atoms with Gasteiger partial charge in [0.25, 0.3) is 5.91 Å². The molecule has 0 spiro atoms. The van der Waals surface area contributed by atoms with Crippen LogP contribution in [0.25, 0.3) is 0 Å². The molecule has 1 aliphatic heterocycles. The van der Waals surface area contributed by atoms with E-state index in [1.54, 1.807) is 11.8 Å². The van der Waals surface area contributed by atoms with E-state index >= 15 is 0 Å². The van der Waals surface area contributed by atoms with Crippen LogP contribution in [0, 0.1) is 11.6 Å². The fraction of sp³-hybridized carbons (Fsp3) is 0.312. The summed E-state index contributed by atoms with van der Waals surface area (Å²) in [5.41, 5.74) is 0.811. The Morgan fingerprint density at radius 3 is 2.88 bits per heavy atom. The van der Waals surface area contributed by atoms with Crippen molar-refractivity contribution in [2.75, 3.05) is 18.5 Å². The Kier molecular flexibility index (Phi) is 4.93. The number of rotatable bonds is 3. The van der Waals surface area contributed by atoms with E-state index in [0.29, 0.717) is 31.2 Å². The zero-order valence-corrected chi connectivity index (χ0v) is 14.2. The summed E-state index contributed by atoms with van der Waals surface area (Å²) in [4.78, 5) is 30.7. The zero-order valence-electron chi connectivity index (χ0n) is 13.3. The van der Waals surface area contributed by atoms with E-state index in [1.807, 2.05) is 0 Å². The number of thiazole rings is 1. The molecule has 0 unspecified atom stereocenters. The molecular weight excluding hydrogens is 352 g/mol. The van der Waals surface area contributed by atoms with E-state index in [-0.39, 0.29) is 11.7 Å². The maximum atomic E-state index is 13.2. The van der Waals surface area contributed by atoms with Crippen molar-refractivity contribution in [2.45, 2.75) is 19.9 Å². The van der Waals surface area contributed by atoms with Gasteiger partial charge in [-0.2, -0.15) is 0 Å². The molecule has 0 saturated heterocycles. The molecular formula is C16H15F2N3O3S. The van der Waals surface area contributed by atoms with E-state index in [9.17, 15) is 18.4 Å². The summed E-state index contributed by atoms with van der Waals surface area (Å²) in [6, 6.07) is 2.93. The number of benzene rings is 1. The first-order chi connectivity index (χ1) is 12.0. The third-order valence-electron chi connectivity index (χ3n) is 3.66. The predicted octanol–water partition coefficient (Wildman–Crippen LogP) is 3.19. The average molecular weight is 367 g/mol. The monoisotopic (exact) mass is 367 g/mol. The highest BCUT2D eigenvalue weighted by Gasteiger charge is 2.25. The van der Waals surface area contributed by atoms with Crippen LogP contribution >= 0.6 is 11.3 Å². The van der Waals surface area contributed by atoms with Gasteiger partial charge in [-0.25, -0.2) is 18.6 Å². The lowest BCUT2D eigenvalue weighted by atomic mass is 10.2. The number of fused-ring (bicyclic) bond motifs is 1. The molecule has 0 saturated carbocycles. The van der Waals surface area contributed by atoms with Gasteiger partial charge >= 0.3 is 6.09 Å². The van der Waals surface area contributed by atoms with Crippen LogP contribution < -0.4 is 5.32 Å². The second-order valence-corrected chi connectivity index (χ2v) is 6.43. The van der Waals surface area contributed by atoms with Crippen LogP contribution in [0.2, 0.25) is 0 Å². The molecule has 2 aromatic rings. The van der Waals surface area contributed by atoms with E-state index in [0.717, 1.165) is 22.7 Å². The topological polar surface area (TPSA) is 71.5 Å². The van der Waals surface area contributed by atoms with E-state index in [4.69, 9.17) is 4.74 Å². The summed E-state index contributed by atoms with van der Waals surface area (Å²) < 4.78 is 31.2. The number of hydrogen-bond donors (Lipinski definition) is 1. The molecule has 0 bridgehead atoms. The Hall–Kier alpha value is -2.55. The standard InChI is InChI=1S/C16H15F2N3O3S/c1-2-24-16(23)21-6-5-12-13(8-21)25-15(19-12)20-14(22)9-3-4-10(17)11(18)7-9/h3-4,7H,2,5-6,8H2,1H3,(H,19,20,22). The summed E-state index contributed by atoms with van der Waals surface area (Å²) in [5.74, 6) is -2.68. The predicted molar refractivity (Wildman–Crippen MR) is 87.6 cm³/mol. The molecule has 1 aromatic carbocycles. The minimum absolute atomic E-state index is 0.000206. The number of carbonyl (C=O) groups is 2. The summed E-state index contributed by atoms with van der Waals surface area (Å²) in [6.45, 7) is 2.91. The second-order valence-electron chi connectivity index (χ2n) is 5.34. The number of aromatic nitrogens is 1. The lowest BCUT2D eigenvalue weighted by Gasteiger charge is -2.24. The van der Waals surface area contributed by atoms with Gasteiger partial charge in [-0.1, -0.05) is 11.3 Å². The summed E-state index contributed by atoms with van der Waals surface area (Å²) >= 11 is 1.24. The first kappa shape index (κ1) is 17.3. The maximum absolute atomic E-state index is 13.2. The number of ether oxygens (including phenoxy) is 1. The van der Waals surface area contributed by atoms with Crippen LogP contribution in [0.4, 0.5) is 18.7 Å². The number of anilines is 1. The molecule has 25 heavy (non-hydrogen) atoms. The third-order valence-corrected chi connectivity index (χ3v) is 4.66. The highest BCUT2D eigenvalue weighted by Crippen LogP contribution is 2.29.